The summed E-state index contributed by atoms with van der Waals surface area (Å²) in [4.78, 5) is 0. The van der Waals surface area contributed by atoms with E-state index in [1.807, 2.05) is 30.3 Å². The molecule has 0 unspecified atom stereocenters. The number of nitrogens with zero attached hydrogens (tertiary/aromatic N) is 1. The second kappa shape index (κ2) is 6.44. The Morgan fingerprint density at radius 3 is 2.72 bits per heavy atom. The average Bonchev–Trinajstić information content (AvgIpc) is 2.32. The first-order chi connectivity index (χ1) is 8.18. The standard InChI is InChI=1S/C12H11N3OS.Ir/c13-12(17)15-14-7-10-9-4-2-1-3-8(9)5-6-11(10)16;/h1-7,16H,(H3,13,15,17);/q;+3. The smallest absolute Gasteiger partial charge is 0.507 e. The van der Waals surface area contributed by atoms with E-state index in [0.29, 0.717) is 5.56 Å². The van der Waals surface area contributed by atoms with E-state index in [0.717, 1.165) is 10.8 Å². The second-order valence-electron chi connectivity index (χ2n) is 3.45. The van der Waals surface area contributed by atoms with Crippen molar-refractivity contribution in [3.63, 3.8) is 0 Å². The van der Waals surface area contributed by atoms with E-state index in [-0.39, 0.29) is 31.0 Å². The molecule has 0 saturated carbocycles. The molecule has 0 heterocycles. The van der Waals surface area contributed by atoms with Crippen LogP contribution in [0.1, 0.15) is 5.56 Å². The number of rotatable bonds is 2. The minimum atomic E-state index is 0. The molecule has 2 aromatic carbocycles. The Morgan fingerprint density at radius 2 is 2.00 bits per heavy atom. The third-order valence-corrected chi connectivity index (χ3v) is 2.41. The van der Waals surface area contributed by atoms with Crippen LogP contribution >= 0.6 is 12.2 Å². The van der Waals surface area contributed by atoms with E-state index < -0.39 is 0 Å². The maximum atomic E-state index is 9.79. The first kappa shape index (κ1) is 14.6. The third-order valence-electron chi connectivity index (χ3n) is 2.32. The van der Waals surface area contributed by atoms with Crippen molar-refractivity contribution in [2.75, 3.05) is 0 Å². The molecule has 2 rings (SSSR count). The van der Waals surface area contributed by atoms with E-state index >= 15 is 0 Å². The number of benzene rings is 2. The number of nitrogens with two attached hydrogens (primary N) is 1. The minimum absolute atomic E-state index is 0. The molecule has 0 radical (unpaired) electrons. The number of hydrazone groups is 1. The number of hydrogen-bond acceptors (Lipinski definition) is 3. The number of phenolic OH excluding ortho intramolecular Hbond substituents is 1. The van der Waals surface area contributed by atoms with Crippen molar-refractivity contribution < 1.29 is 25.2 Å². The molecule has 0 aliphatic heterocycles. The molecule has 4 N–H and O–H groups in total. The molecule has 0 aliphatic carbocycles. The molecule has 0 atom stereocenters. The van der Waals surface area contributed by atoms with Crippen LogP contribution in [0.3, 0.4) is 0 Å². The zero-order chi connectivity index (χ0) is 12.3. The molecule has 0 amide bonds. The maximum absolute atomic E-state index is 9.79. The molecule has 0 fully saturated rings. The van der Waals surface area contributed by atoms with Gasteiger partial charge in [-0.3, -0.25) is 5.43 Å². The summed E-state index contributed by atoms with van der Waals surface area (Å²) in [6.45, 7) is 0. The molecule has 4 nitrogen and oxygen atoms in total. The first-order valence-electron chi connectivity index (χ1n) is 4.97. The molecule has 2 aromatic rings. The first-order valence-corrected chi connectivity index (χ1v) is 5.38. The van der Waals surface area contributed by atoms with E-state index in [2.05, 4.69) is 22.7 Å². The second-order valence-corrected chi connectivity index (χ2v) is 3.89. The topological polar surface area (TPSA) is 70.6 Å². The Bertz CT molecular complexity index is 601. The minimum Gasteiger partial charge on any atom is -0.507 e. The summed E-state index contributed by atoms with van der Waals surface area (Å²) < 4.78 is 0. The summed E-state index contributed by atoms with van der Waals surface area (Å²) in [5.41, 5.74) is 8.34. The summed E-state index contributed by atoms with van der Waals surface area (Å²) in [6, 6.07) is 11.2. The van der Waals surface area contributed by atoms with E-state index in [4.69, 9.17) is 5.73 Å². The molecule has 6 heteroatoms. The summed E-state index contributed by atoms with van der Waals surface area (Å²) in [7, 11) is 0. The monoisotopic (exact) mass is 438 g/mol. The Morgan fingerprint density at radius 1 is 1.28 bits per heavy atom. The van der Waals surface area contributed by atoms with Gasteiger partial charge in [0.15, 0.2) is 5.11 Å². The Balaban J connectivity index is 0.00000162. The van der Waals surface area contributed by atoms with Crippen molar-refractivity contribution in [2.45, 2.75) is 0 Å². The van der Waals surface area contributed by atoms with Crippen molar-refractivity contribution >= 4 is 34.3 Å². The molecule has 0 aliphatic rings. The predicted molar refractivity (Wildman–Crippen MR) is 73.1 cm³/mol. The maximum Gasteiger partial charge on any atom is 3.00 e. The van der Waals surface area contributed by atoms with Gasteiger partial charge in [0.1, 0.15) is 5.75 Å². The third kappa shape index (κ3) is 3.26. The van der Waals surface area contributed by atoms with Crippen LogP contribution in [0.4, 0.5) is 0 Å². The number of phenols is 1. The van der Waals surface area contributed by atoms with Gasteiger partial charge >= 0.3 is 20.1 Å². The van der Waals surface area contributed by atoms with E-state index in [9.17, 15) is 5.11 Å². The van der Waals surface area contributed by atoms with Crippen LogP contribution in [0.25, 0.3) is 10.8 Å². The summed E-state index contributed by atoms with van der Waals surface area (Å²) in [6.07, 6.45) is 1.50. The Labute approximate surface area is 123 Å². The van der Waals surface area contributed by atoms with E-state index in [1.165, 1.54) is 6.21 Å². The molecule has 0 aromatic heterocycles. The zero-order valence-electron chi connectivity index (χ0n) is 9.25. The van der Waals surface area contributed by atoms with Gasteiger partial charge in [0.2, 0.25) is 0 Å². The van der Waals surface area contributed by atoms with Crippen molar-refractivity contribution in [3.8, 4) is 5.75 Å². The van der Waals surface area contributed by atoms with Gasteiger partial charge in [0.05, 0.1) is 6.21 Å². The summed E-state index contributed by atoms with van der Waals surface area (Å²) >= 11 is 4.63. The van der Waals surface area contributed by atoms with Gasteiger partial charge in [-0.2, -0.15) is 5.10 Å². The molecular formula is C12H11IrN3OS+3. The van der Waals surface area contributed by atoms with Crippen LogP contribution in [-0.2, 0) is 20.1 Å². The van der Waals surface area contributed by atoms with Crippen molar-refractivity contribution in [3.05, 3.63) is 42.0 Å². The van der Waals surface area contributed by atoms with Crippen LogP contribution in [0.2, 0.25) is 0 Å². The number of aromatic hydroxyl groups is 1. The van der Waals surface area contributed by atoms with Gasteiger partial charge in [0.25, 0.3) is 0 Å². The molecular weight excluding hydrogens is 426 g/mol. The van der Waals surface area contributed by atoms with Crippen molar-refractivity contribution in [2.24, 2.45) is 10.8 Å². The SMILES string of the molecule is NC(=S)NN=Cc1c(O)ccc2ccccc12.[Ir+3]. The van der Waals surface area contributed by atoms with E-state index in [1.54, 1.807) is 6.07 Å². The van der Waals surface area contributed by atoms with Crippen LogP contribution in [-0.4, -0.2) is 16.4 Å². The van der Waals surface area contributed by atoms with Crippen molar-refractivity contribution in [1.29, 1.82) is 0 Å². The Kier molecular flexibility index (Phi) is 5.22. The van der Waals surface area contributed by atoms with Crippen LogP contribution in [0.5, 0.6) is 5.75 Å². The van der Waals surface area contributed by atoms with Gasteiger partial charge in [-0.1, -0.05) is 30.3 Å². The molecule has 0 spiro atoms. The number of thiocarbonyl (C=S) groups is 1. The zero-order valence-corrected chi connectivity index (χ0v) is 12.5. The molecule has 92 valence electrons. The summed E-state index contributed by atoms with van der Waals surface area (Å²) in [5, 5.41) is 15.7. The average molecular weight is 438 g/mol. The number of fused-ring (bicyclic) bond motifs is 1. The normalized spacial score (nSPS) is 10.2. The largest absolute Gasteiger partial charge is 3.00 e. The molecule has 18 heavy (non-hydrogen) atoms. The predicted octanol–water partition coefficient (Wildman–Crippen LogP) is 1.71. The van der Waals surface area contributed by atoms with Crippen molar-refractivity contribution in [1.82, 2.24) is 5.43 Å². The number of nitrogens with one attached hydrogen (secondary N) is 1. The van der Waals surface area contributed by atoms with Crippen LogP contribution < -0.4 is 11.2 Å². The fourth-order valence-electron chi connectivity index (χ4n) is 1.58. The number of hydrogen-bond donors (Lipinski definition) is 3. The van der Waals surface area contributed by atoms with Gasteiger partial charge < -0.3 is 10.8 Å². The van der Waals surface area contributed by atoms with Gasteiger partial charge in [-0.25, -0.2) is 0 Å². The summed E-state index contributed by atoms with van der Waals surface area (Å²) in [5.74, 6) is 0.164. The van der Waals surface area contributed by atoms with Gasteiger partial charge in [0, 0.05) is 5.56 Å². The van der Waals surface area contributed by atoms with Crippen LogP contribution in [0.15, 0.2) is 41.5 Å². The Hall–Kier alpha value is -1.49. The van der Waals surface area contributed by atoms with Crippen LogP contribution in [0, 0.1) is 0 Å². The quantitative estimate of drug-likeness (QED) is 0.380. The fourth-order valence-corrected chi connectivity index (χ4v) is 1.63. The van der Waals surface area contributed by atoms with Gasteiger partial charge in [-0.05, 0) is 29.1 Å². The fraction of sp³-hybridized carbons (Fsp3) is 0. The molecule has 0 saturated heterocycles. The van der Waals surface area contributed by atoms with Gasteiger partial charge in [-0.15, -0.1) is 0 Å². The molecule has 0 bridgehead atoms.